The van der Waals surface area contributed by atoms with Crippen molar-refractivity contribution in [3.05, 3.63) is 74.3 Å². The molecule has 0 saturated heterocycles. The molecule has 0 aliphatic carbocycles. The lowest BCUT2D eigenvalue weighted by molar-refractivity contribution is -0.123. The van der Waals surface area contributed by atoms with Gasteiger partial charge in [0, 0.05) is 10.0 Å². The number of amides is 1. The number of rotatable bonds is 7. The predicted octanol–water partition coefficient (Wildman–Crippen LogP) is 3.93. The lowest BCUT2D eigenvalue weighted by Crippen LogP contribution is -2.38. The number of aromatic nitrogens is 2. The lowest BCUT2D eigenvalue weighted by Gasteiger charge is -2.22. The number of carbonyl (C=O) groups is 1. The van der Waals surface area contributed by atoms with Crippen LogP contribution in [0.4, 0.5) is 0 Å². The number of fused-ring (bicyclic) bond motifs is 1. The number of hydrogen-bond acceptors (Lipinski definition) is 4. The van der Waals surface area contributed by atoms with Gasteiger partial charge in [-0.25, -0.2) is 4.98 Å². The van der Waals surface area contributed by atoms with Gasteiger partial charge in [0.2, 0.25) is 5.91 Å². The molecule has 0 aliphatic heterocycles. The summed E-state index contributed by atoms with van der Waals surface area (Å²) in [6, 6.07) is 12.1. The van der Waals surface area contributed by atoms with E-state index in [1.165, 1.54) is 0 Å². The number of nitrogens with zero attached hydrogens (tertiary/aromatic N) is 2. The van der Waals surface area contributed by atoms with E-state index in [1.54, 1.807) is 36.4 Å². The van der Waals surface area contributed by atoms with Crippen LogP contribution in [-0.4, -0.2) is 33.9 Å². The van der Waals surface area contributed by atoms with Crippen molar-refractivity contribution in [3.63, 3.8) is 0 Å². The maximum absolute atomic E-state index is 12.5. The summed E-state index contributed by atoms with van der Waals surface area (Å²) in [7, 11) is 0. The third kappa shape index (κ3) is 5.35. The van der Waals surface area contributed by atoms with Crippen molar-refractivity contribution in [2.75, 3.05) is 13.1 Å². The minimum absolute atomic E-state index is 0.145. The van der Waals surface area contributed by atoms with Crippen LogP contribution in [0.25, 0.3) is 10.9 Å². The highest BCUT2D eigenvalue weighted by Crippen LogP contribution is 2.26. The molecule has 0 aliphatic rings. The number of aromatic amines is 1. The smallest absolute Gasteiger partial charge is 0.258 e. The highest BCUT2D eigenvalue weighted by Gasteiger charge is 2.16. The average Bonchev–Trinajstić information content (AvgIpc) is 2.67. The Hall–Kier alpha value is -2.41. The number of benzene rings is 2. The zero-order valence-electron chi connectivity index (χ0n) is 16.2. The Kier molecular flexibility index (Phi) is 6.90. The molecule has 0 bridgehead atoms. The SMILES string of the molecule is CCN(CC(=O)NC(C)c1ccc(Cl)cc1Cl)Cc1nc2ccccc2c(=O)[nH]1. The van der Waals surface area contributed by atoms with Crippen LogP contribution in [0.15, 0.2) is 47.3 Å². The Bertz CT molecular complexity index is 1080. The number of hydrogen-bond donors (Lipinski definition) is 2. The highest BCUT2D eigenvalue weighted by atomic mass is 35.5. The molecule has 1 atom stereocenters. The number of para-hydroxylation sites is 1. The summed E-state index contributed by atoms with van der Waals surface area (Å²) in [5.41, 5.74) is 1.25. The van der Waals surface area contributed by atoms with Crippen LogP contribution in [0.5, 0.6) is 0 Å². The van der Waals surface area contributed by atoms with Gasteiger partial charge in [-0.3, -0.25) is 14.5 Å². The molecule has 3 aromatic rings. The van der Waals surface area contributed by atoms with Crippen molar-refractivity contribution in [2.24, 2.45) is 0 Å². The summed E-state index contributed by atoms with van der Waals surface area (Å²) < 4.78 is 0. The monoisotopic (exact) mass is 432 g/mol. The second-order valence-electron chi connectivity index (χ2n) is 6.79. The van der Waals surface area contributed by atoms with E-state index in [0.717, 1.165) is 5.56 Å². The number of halogens is 2. The predicted molar refractivity (Wildman–Crippen MR) is 116 cm³/mol. The van der Waals surface area contributed by atoms with Gasteiger partial charge in [0.05, 0.1) is 30.0 Å². The van der Waals surface area contributed by atoms with Gasteiger partial charge in [0.1, 0.15) is 5.82 Å². The Morgan fingerprint density at radius 1 is 1.24 bits per heavy atom. The van der Waals surface area contributed by atoms with Crippen LogP contribution < -0.4 is 10.9 Å². The highest BCUT2D eigenvalue weighted by molar-refractivity contribution is 6.35. The molecule has 1 amide bonds. The van der Waals surface area contributed by atoms with Crippen LogP contribution in [0.2, 0.25) is 10.0 Å². The minimum Gasteiger partial charge on any atom is -0.348 e. The van der Waals surface area contributed by atoms with Crippen LogP contribution in [-0.2, 0) is 11.3 Å². The van der Waals surface area contributed by atoms with Crippen molar-refractivity contribution >= 4 is 40.0 Å². The van der Waals surface area contributed by atoms with Crippen molar-refractivity contribution in [2.45, 2.75) is 26.4 Å². The summed E-state index contributed by atoms with van der Waals surface area (Å²) in [5.74, 6) is 0.380. The molecule has 8 heteroatoms. The van der Waals surface area contributed by atoms with E-state index in [9.17, 15) is 9.59 Å². The van der Waals surface area contributed by atoms with Crippen molar-refractivity contribution < 1.29 is 4.79 Å². The molecule has 0 saturated carbocycles. The van der Waals surface area contributed by atoms with Gasteiger partial charge in [-0.15, -0.1) is 0 Å². The van der Waals surface area contributed by atoms with Crippen LogP contribution in [0.1, 0.15) is 31.3 Å². The van der Waals surface area contributed by atoms with Crippen LogP contribution in [0, 0.1) is 0 Å². The van der Waals surface area contributed by atoms with E-state index in [1.807, 2.05) is 24.8 Å². The number of H-pyrrole nitrogens is 1. The zero-order chi connectivity index (χ0) is 21.0. The molecule has 3 rings (SSSR count). The average molecular weight is 433 g/mol. The quantitative estimate of drug-likeness (QED) is 0.592. The number of carbonyl (C=O) groups excluding carboxylic acids is 1. The first kappa shape index (κ1) is 21.3. The Morgan fingerprint density at radius 3 is 2.72 bits per heavy atom. The molecule has 1 heterocycles. The summed E-state index contributed by atoms with van der Waals surface area (Å²) >= 11 is 12.2. The third-order valence-electron chi connectivity index (χ3n) is 4.66. The molecule has 0 fully saturated rings. The van der Waals surface area contributed by atoms with E-state index in [2.05, 4.69) is 15.3 Å². The van der Waals surface area contributed by atoms with Gasteiger partial charge in [0.25, 0.3) is 5.56 Å². The first-order chi connectivity index (χ1) is 13.9. The topological polar surface area (TPSA) is 78.1 Å². The fourth-order valence-corrected chi connectivity index (χ4v) is 3.69. The van der Waals surface area contributed by atoms with Gasteiger partial charge < -0.3 is 10.3 Å². The van der Waals surface area contributed by atoms with Crippen molar-refractivity contribution in [1.29, 1.82) is 0 Å². The Labute approximate surface area is 178 Å². The molecule has 152 valence electrons. The van der Waals surface area contributed by atoms with Gasteiger partial charge >= 0.3 is 0 Å². The van der Waals surface area contributed by atoms with E-state index in [0.29, 0.717) is 39.9 Å². The molecular weight excluding hydrogens is 411 g/mol. The molecule has 0 spiro atoms. The van der Waals surface area contributed by atoms with E-state index in [4.69, 9.17) is 23.2 Å². The standard InChI is InChI=1S/C21H22Cl2N4O2/c1-3-27(11-19-25-18-7-5-4-6-16(18)21(29)26-19)12-20(28)24-13(2)15-9-8-14(22)10-17(15)23/h4-10,13H,3,11-12H2,1-2H3,(H,24,28)(H,25,26,29). The Morgan fingerprint density at radius 2 is 2.00 bits per heavy atom. The molecule has 2 aromatic carbocycles. The maximum atomic E-state index is 12.5. The molecule has 0 radical (unpaired) electrons. The first-order valence-corrected chi connectivity index (χ1v) is 10.1. The molecule has 1 aromatic heterocycles. The Balaban J connectivity index is 1.66. The summed E-state index contributed by atoms with van der Waals surface area (Å²) in [4.78, 5) is 34.0. The second kappa shape index (κ2) is 9.39. The number of nitrogens with one attached hydrogen (secondary N) is 2. The fourth-order valence-electron chi connectivity index (χ4n) is 3.12. The maximum Gasteiger partial charge on any atom is 0.258 e. The molecule has 6 nitrogen and oxygen atoms in total. The first-order valence-electron chi connectivity index (χ1n) is 9.32. The fraction of sp³-hybridized carbons (Fsp3) is 0.286. The van der Waals surface area contributed by atoms with Gasteiger partial charge in [-0.05, 0) is 43.3 Å². The molecule has 2 N–H and O–H groups in total. The summed E-state index contributed by atoms with van der Waals surface area (Å²) in [5, 5.41) is 4.55. The largest absolute Gasteiger partial charge is 0.348 e. The van der Waals surface area contributed by atoms with Gasteiger partial charge in [-0.2, -0.15) is 0 Å². The number of likely N-dealkylation sites (N-methyl/N-ethyl adjacent to an activating group) is 1. The van der Waals surface area contributed by atoms with Gasteiger partial charge in [-0.1, -0.05) is 48.3 Å². The second-order valence-corrected chi connectivity index (χ2v) is 7.63. The normalized spacial score (nSPS) is 12.3. The van der Waals surface area contributed by atoms with E-state index >= 15 is 0 Å². The third-order valence-corrected chi connectivity index (χ3v) is 5.22. The van der Waals surface area contributed by atoms with Crippen LogP contribution >= 0.6 is 23.2 Å². The van der Waals surface area contributed by atoms with Crippen molar-refractivity contribution in [1.82, 2.24) is 20.2 Å². The molecular formula is C21H22Cl2N4O2. The molecule has 29 heavy (non-hydrogen) atoms. The summed E-state index contributed by atoms with van der Waals surface area (Å²) in [6.07, 6.45) is 0. The minimum atomic E-state index is -0.260. The lowest BCUT2D eigenvalue weighted by atomic mass is 10.1. The van der Waals surface area contributed by atoms with Crippen LogP contribution in [0.3, 0.4) is 0 Å². The van der Waals surface area contributed by atoms with Crippen molar-refractivity contribution in [3.8, 4) is 0 Å². The van der Waals surface area contributed by atoms with Gasteiger partial charge in [0.15, 0.2) is 0 Å². The molecule has 1 unspecified atom stereocenters. The summed E-state index contributed by atoms with van der Waals surface area (Å²) in [6.45, 7) is 4.97. The zero-order valence-corrected chi connectivity index (χ0v) is 17.7. The van der Waals surface area contributed by atoms with E-state index in [-0.39, 0.29) is 24.1 Å². The van der Waals surface area contributed by atoms with E-state index < -0.39 is 0 Å².